The van der Waals surface area contributed by atoms with Gasteiger partial charge in [0, 0.05) is 6.61 Å². The van der Waals surface area contributed by atoms with Crippen LogP contribution in [0, 0.1) is 0 Å². The van der Waals surface area contributed by atoms with Gasteiger partial charge in [0.25, 0.3) is 0 Å². The van der Waals surface area contributed by atoms with Gasteiger partial charge in [-0.15, -0.1) is 0 Å². The van der Waals surface area contributed by atoms with Crippen LogP contribution in [0.25, 0.3) is 0 Å². The first-order chi connectivity index (χ1) is 9.88. The van der Waals surface area contributed by atoms with Gasteiger partial charge in [-0.25, -0.2) is 18.4 Å². The van der Waals surface area contributed by atoms with Crippen molar-refractivity contribution < 1.29 is 27.8 Å². The molecule has 8 heteroatoms. The number of primary sulfonamides is 1. The lowest BCUT2D eigenvalue weighted by atomic mass is 10.1. The fourth-order valence-corrected chi connectivity index (χ4v) is 2.80. The van der Waals surface area contributed by atoms with E-state index >= 15 is 0 Å². The summed E-state index contributed by atoms with van der Waals surface area (Å²) in [6.45, 7) is 0.864. The highest BCUT2D eigenvalue weighted by Gasteiger charge is 2.20. The molecule has 0 amide bonds. The van der Waals surface area contributed by atoms with Crippen molar-refractivity contribution in [2.24, 2.45) is 5.14 Å². The Hall–Kier alpha value is -1.64. The summed E-state index contributed by atoms with van der Waals surface area (Å²) in [5.74, 6) is -1.20. The Morgan fingerprint density at radius 1 is 1.43 bits per heavy atom. The Kier molecular flexibility index (Phi) is 4.81. The predicted molar refractivity (Wildman–Crippen MR) is 73.9 cm³/mol. The van der Waals surface area contributed by atoms with E-state index < -0.39 is 16.0 Å². The van der Waals surface area contributed by atoms with Crippen molar-refractivity contribution in [3.63, 3.8) is 0 Å². The van der Waals surface area contributed by atoms with Gasteiger partial charge in [0.1, 0.15) is 17.3 Å². The Labute approximate surface area is 122 Å². The number of carboxylic acids is 1. The molecular formula is C13H17NO6S. The molecule has 1 aromatic rings. The van der Waals surface area contributed by atoms with Crippen molar-refractivity contribution in [2.45, 2.75) is 30.3 Å². The van der Waals surface area contributed by atoms with Gasteiger partial charge in [-0.1, -0.05) is 0 Å². The summed E-state index contributed by atoms with van der Waals surface area (Å²) < 4.78 is 34.1. The van der Waals surface area contributed by atoms with E-state index in [1.54, 1.807) is 0 Å². The molecule has 0 spiro atoms. The number of nitrogens with two attached hydrogens (primary N) is 1. The van der Waals surface area contributed by atoms with E-state index in [-0.39, 0.29) is 28.9 Å². The fourth-order valence-electron chi connectivity index (χ4n) is 2.10. The van der Waals surface area contributed by atoms with Crippen LogP contribution in [0.5, 0.6) is 5.75 Å². The summed E-state index contributed by atoms with van der Waals surface area (Å²) >= 11 is 0. The van der Waals surface area contributed by atoms with Gasteiger partial charge in [0.15, 0.2) is 0 Å². The molecule has 1 saturated heterocycles. The van der Waals surface area contributed by atoms with Crippen LogP contribution in [0.1, 0.15) is 29.6 Å². The van der Waals surface area contributed by atoms with Gasteiger partial charge in [-0.2, -0.15) is 0 Å². The summed E-state index contributed by atoms with van der Waals surface area (Å²) in [5, 5.41) is 14.0. The molecule has 1 aromatic carbocycles. The molecule has 1 fully saturated rings. The molecule has 3 N–H and O–H groups in total. The molecule has 0 radical (unpaired) electrons. The molecule has 0 aliphatic carbocycles. The number of hydrogen-bond acceptors (Lipinski definition) is 5. The van der Waals surface area contributed by atoms with Crippen molar-refractivity contribution in [3.8, 4) is 5.75 Å². The van der Waals surface area contributed by atoms with Crippen LogP contribution >= 0.6 is 0 Å². The third-order valence-corrected chi connectivity index (χ3v) is 4.13. The third kappa shape index (κ3) is 4.16. The zero-order valence-electron chi connectivity index (χ0n) is 11.3. The first kappa shape index (κ1) is 15.7. The zero-order valence-corrected chi connectivity index (χ0v) is 12.1. The summed E-state index contributed by atoms with van der Waals surface area (Å²) in [6, 6.07) is 3.56. The first-order valence-corrected chi connectivity index (χ1v) is 8.07. The Balaban J connectivity index is 2.19. The smallest absolute Gasteiger partial charge is 0.335 e. The monoisotopic (exact) mass is 315 g/mol. The molecule has 0 bridgehead atoms. The highest BCUT2D eigenvalue weighted by Crippen LogP contribution is 2.25. The number of ether oxygens (including phenoxy) is 2. The van der Waals surface area contributed by atoms with Gasteiger partial charge in [0.05, 0.1) is 11.7 Å². The minimum absolute atomic E-state index is 0.0386. The van der Waals surface area contributed by atoms with E-state index in [9.17, 15) is 13.2 Å². The summed E-state index contributed by atoms with van der Waals surface area (Å²) in [4.78, 5) is 10.6. The molecule has 7 nitrogen and oxygen atoms in total. The standard InChI is InChI=1S/C13H17NO6S/c14-21(17,18)12-7-9(13(15)16)4-5-11(12)20-8-10-3-1-2-6-19-10/h4-5,7,10H,1-3,6,8H2,(H,15,16)(H2,14,17,18). The molecule has 1 atom stereocenters. The molecular weight excluding hydrogens is 298 g/mol. The van der Waals surface area contributed by atoms with Gasteiger partial charge in [-0.05, 0) is 37.5 Å². The predicted octanol–water partition coefficient (Wildman–Crippen LogP) is 0.980. The molecule has 0 saturated carbocycles. The number of carboxylic acid groups (broad SMARTS) is 1. The maximum Gasteiger partial charge on any atom is 0.335 e. The van der Waals surface area contributed by atoms with Gasteiger partial charge in [0.2, 0.25) is 10.0 Å². The van der Waals surface area contributed by atoms with Crippen LogP contribution in [0.2, 0.25) is 0 Å². The van der Waals surface area contributed by atoms with Crippen LogP contribution < -0.4 is 9.88 Å². The minimum Gasteiger partial charge on any atom is -0.489 e. The highest BCUT2D eigenvalue weighted by molar-refractivity contribution is 7.89. The average Bonchev–Trinajstić information content (AvgIpc) is 2.45. The number of sulfonamides is 1. The van der Waals surface area contributed by atoms with Gasteiger partial charge >= 0.3 is 5.97 Å². The van der Waals surface area contributed by atoms with Gasteiger partial charge in [-0.3, -0.25) is 0 Å². The molecule has 1 unspecified atom stereocenters. The molecule has 0 aromatic heterocycles. The van der Waals surface area contributed by atoms with E-state index in [1.807, 2.05) is 0 Å². The van der Waals surface area contributed by atoms with Gasteiger partial charge < -0.3 is 14.6 Å². The summed E-state index contributed by atoms with van der Waals surface area (Å²) in [5.41, 5.74) is -0.166. The Morgan fingerprint density at radius 2 is 2.19 bits per heavy atom. The fraction of sp³-hybridized carbons (Fsp3) is 0.462. The van der Waals surface area contributed by atoms with E-state index in [4.69, 9.17) is 19.7 Å². The van der Waals surface area contributed by atoms with E-state index in [0.717, 1.165) is 25.3 Å². The van der Waals surface area contributed by atoms with Crippen molar-refractivity contribution >= 4 is 16.0 Å². The molecule has 1 aliphatic rings. The number of aromatic carboxylic acids is 1. The molecule has 1 heterocycles. The topological polar surface area (TPSA) is 116 Å². The number of carbonyl (C=O) groups is 1. The molecule has 2 rings (SSSR count). The maximum absolute atomic E-state index is 11.6. The first-order valence-electron chi connectivity index (χ1n) is 6.52. The van der Waals surface area contributed by atoms with E-state index in [0.29, 0.717) is 6.61 Å². The average molecular weight is 315 g/mol. The lowest BCUT2D eigenvalue weighted by Crippen LogP contribution is -2.26. The molecule has 116 valence electrons. The van der Waals surface area contributed by atoms with Crippen molar-refractivity contribution in [3.05, 3.63) is 23.8 Å². The normalized spacial score (nSPS) is 19.2. The van der Waals surface area contributed by atoms with Crippen molar-refractivity contribution in [2.75, 3.05) is 13.2 Å². The Morgan fingerprint density at radius 3 is 2.76 bits per heavy atom. The second-order valence-corrected chi connectivity index (χ2v) is 6.34. The van der Waals surface area contributed by atoms with Crippen LogP contribution in [0.15, 0.2) is 23.1 Å². The number of hydrogen-bond donors (Lipinski definition) is 2. The van der Waals surface area contributed by atoms with E-state index in [2.05, 4.69) is 0 Å². The molecule has 1 aliphatic heterocycles. The number of rotatable bonds is 5. The zero-order chi connectivity index (χ0) is 15.5. The van der Waals surface area contributed by atoms with Crippen LogP contribution in [-0.2, 0) is 14.8 Å². The minimum atomic E-state index is -4.07. The summed E-state index contributed by atoms with van der Waals surface area (Å²) in [6.07, 6.45) is 2.80. The number of benzene rings is 1. The Bertz CT molecular complexity index is 622. The van der Waals surface area contributed by atoms with Crippen LogP contribution in [0.3, 0.4) is 0 Å². The van der Waals surface area contributed by atoms with Crippen molar-refractivity contribution in [1.82, 2.24) is 0 Å². The van der Waals surface area contributed by atoms with E-state index in [1.165, 1.54) is 12.1 Å². The van der Waals surface area contributed by atoms with Crippen LogP contribution in [-0.4, -0.2) is 38.8 Å². The highest BCUT2D eigenvalue weighted by atomic mass is 32.2. The van der Waals surface area contributed by atoms with Crippen LogP contribution in [0.4, 0.5) is 0 Å². The SMILES string of the molecule is NS(=O)(=O)c1cc(C(=O)O)ccc1OCC1CCCCO1. The quantitative estimate of drug-likeness (QED) is 0.836. The van der Waals surface area contributed by atoms with Crippen molar-refractivity contribution in [1.29, 1.82) is 0 Å². The lowest BCUT2D eigenvalue weighted by Gasteiger charge is -2.23. The molecule has 21 heavy (non-hydrogen) atoms. The lowest BCUT2D eigenvalue weighted by molar-refractivity contribution is -0.0116. The third-order valence-electron chi connectivity index (χ3n) is 3.20. The second-order valence-electron chi connectivity index (χ2n) is 4.81. The maximum atomic E-state index is 11.6. The second kappa shape index (κ2) is 6.42. The largest absolute Gasteiger partial charge is 0.489 e. The summed E-state index contributed by atoms with van der Waals surface area (Å²) in [7, 11) is -4.07.